The molecule has 0 aliphatic carbocycles. The zero-order valence-corrected chi connectivity index (χ0v) is 15.8. The van der Waals surface area contributed by atoms with Crippen molar-refractivity contribution < 1.29 is 22.8 Å². The lowest BCUT2D eigenvalue weighted by atomic mass is 10.0. The van der Waals surface area contributed by atoms with Gasteiger partial charge < -0.3 is 0 Å². The number of thioether (sulfide) groups is 1. The molecule has 4 rings (SSSR count). The van der Waals surface area contributed by atoms with Crippen LogP contribution in [0, 0.1) is 0 Å². The highest BCUT2D eigenvalue weighted by molar-refractivity contribution is 8.18. The Morgan fingerprint density at radius 1 is 0.897 bits per heavy atom. The Labute approximate surface area is 168 Å². The van der Waals surface area contributed by atoms with E-state index in [4.69, 9.17) is 0 Å². The summed E-state index contributed by atoms with van der Waals surface area (Å²) in [5.41, 5.74) is -0.196. The lowest BCUT2D eigenvalue weighted by Gasteiger charge is -2.14. The first-order valence-corrected chi connectivity index (χ1v) is 9.54. The first kappa shape index (κ1) is 19.3. The second kappa shape index (κ2) is 7.40. The third-order valence-electron chi connectivity index (χ3n) is 4.63. The number of benzene rings is 3. The van der Waals surface area contributed by atoms with Gasteiger partial charge in [-0.1, -0.05) is 60.7 Å². The van der Waals surface area contributed by atoms with E-state index in [9.17, 15) is 22.8 Å². The van der Waals surface area contributed by atoms with Crippen molar-refractivity contribution in [3.63, 3.8) is 0 Å². The van der Waals surface area contributed by atoms with Gasteiger partial charge in [-0.2, -0.15) is 13.2 Å². The van der Waals surface area contributed by atoms with Crippen LogP contribution in [0.4, 0.5) is 18.0 Å². The number of alkyl halides is 3. The van der Waals surface area contributed by atoms with Gasteiger partial charge in [-0.3, -0.25) is 14.5 Å². The van der Waals surface area contributed by atoms with E-state index in [0.29, 0.717) is 11.8 Å². The fourth-order valence-corrected chi connectivity index (χ4v) is 4.09. The van der Waals surface area contributed by atoms with E-state index in [2.05, 4.69) is 0 Å². The Kier molecular flexibility index (Phi) is 4.92. The standard InChI is InChI=1S/C22H14F3NO2S/c23-22(24,25)18-11-4-2-7-15(18)12-19-20(27)26(21(28)29-19)13-16-9-5-8-14-6-1-3-10-17(14)16/h1-12H,13H2/b19-12-. The maximum absolute atomic E-state index is 13.2. The number of carbonyl (C=O) groups excluding carboxylic acids is 2. The molecule has 0 spiro atoms. The van der Waals surface area contributed by atoms with Gasteiger partial charge in [0.2, 0.25) is 0 Å². The van der Waals surface area contributed by atoms with E-state index in [0.717, 1.165) is 33.4 Å². The summed E-state index contributed by atoms with van der Waals surface area (Å²) in [6, 6.07) is 18.2. The molecule has 0 saturated carbocycles. The van der Waals surface area contributed by atoms with Crippen LogP contribution < -0.4 is 0 Å². The number of amides is 2. The predicted molar refractivity (Wildman–Crippen MR) is 107 cm³/mol. The Hall–Kier alpha value is -3.06. The van der Waals surface area contributed by atoms with E-state index < -0.39 is 22.9 Å². The lowest BCUT2D eigenvalue weighted by Crippen LogP contribution is -2.27. The van der Waals surface area contributed by atoms with Gasteiger partial charge in [-0.05, 0) is 45.8 Å². The molecule has 3 aromatic carbocycles. The summed E-state index contributed by atoms with van der Waals surface area (Å²) in [6.45, 7) is 0.0598. The van der Waals surface area contributed by atoms with Gasteiger partial charge in [0.15, 0.2) is 0 Å². The fourth-order valence-electron chi connectivity index (χ4n) is 3.26. The molecule has 1 fully saturated rings. The Bertz CT molecular complexity index is 1150. The quantitative estimate of drug-likeness (QED) is 0.487. The van der Waals surface area contributed by atoms with Crippen LogP contribution in [0.2, 0.25) is 0 Å². The molecule has 2 amide bonds. The van der Waals surface area contributed by atoms with E-state index in [1.807, 2.05) is 42.5 Å². The molecule has 0 bridgehead atoms. The van der Waals surface area contributed by atoms with Gasteiger partial charge in [-0.25, -0.2) is 0 Å². The molecule has 3 aromatic rings. The second-order valence-electron chi connectivity index (χ2n) is 6.49. The number of rotatable bonds is 3. The molecule has 1 aliphatic heterocycles. The van der Waals surface area contributed by atoms with Crippen LogP contribution in [0.3, 0.4) is 0 Å². The molecular weight excluding hydrogens is 399 g/mol. The minimum Gasteiger partial charge on any atom is -0.268 e. The van der Waals surface area contributed by atoms with Crippen molar-refractivity contribution in [3.8, 4) is 0 Å². The maximum atomic E-state index is 13.2. The van der Waals surface area contributed by atoms with Gasteiger partial charge in [0.05, 0.1) is 17.0 Å². The third kappa shape index (κ3) is 3.78. The van der Waals surface area contributed by atoms with E-state index in [1.165, 1.54) is 18.2 Å². The Balaban J connectivity index is 1.66. The molecule has 0 unspecified atom stereocenters. The number of imide groups is 1. The largest absolute Gasteiger partial charge is 0.416 e. The molecule has 0 radical (unpaired) electrons. The average molecular weight is 413 g/mol. The highest BCUT2D eigenvalue weighted by atomic mass is 32.2. The Morgan fingerprint density at radius 3 is 2.38 bits per heavy atom. The molecule has 7 heteroatoms. The molecule has 3 nitrogen and oxygen atoms in total. The van der Waals surface area contributed by atoms with Crippen molar-refractivity contribution in [1.82, 2.24) is 4.90 Å². The normalized spacial score (nSPS) is 16.2. The lowest BCUT2D eigenvalue weighted by molar-refractivity contribution is -0.137. The van der Waals surface area contributed by atoms with Crippen LogP contribution in [0.5, 0.6) is 0 Å². The van der Waals surface area contributed by atoms with Crippen LogP contribution in [-0.4, -0.2) is 16.0 Å². The van der Waals surface area contributed by atoms with Gasteiger partial charge in [0.1, 0.15) is 0 Å². The summed E-state index contributed by atoms with van der Waals surface area (Å²) >= 11 is 0.652. The molecule has 29 heavy (non-hydrogen) atoms. The molecular formula is C22H14F3NO2S. The molecule has 0 aromatic heterocycles. The van der Waals surface area contributed by atoms with Crippen LogP contribution in [0.25, 0.3) is 16.8 Å². The number of carbonyl (C=O) groups is 2. The van der Waals surface area contributed by atoms with Crippen LogP contribution >= 0.6 is 11.8 Å². The molecule has 146 valence electrons. The number of nitrogens with zero attached hydrogens (tertiary/aromatic N) is 1. The predicted octanol–water partition coefficient (Wildman–Crippen LogP) is 6.10. The van der Waals surface area contributed by atoms with Crippen molar-refractivity contribution in [1.29, 1.82) is 0 Å². The summed E-state index contributed by atoms with van der Waals surface area (Å²) in [4.78, 5) is 26.2. The zero-order chi connectivity index (χ0) is 20.6. The monoisotopic (exact) mass is 413 g/mol. The van der Waals surface area contributed by atoms with E-state index in [1.54, 1.807) is 0 Å². The van der Waals surface area contributed by atoms with Gasteiger partial charge >= 0.3 is 6.18 Å². The van der Waals surface area contributed by atoms with Crippen LogP contribution in [0.15, 0.2) is 71.6 Å². The molecule has 1 aliphatic rings. The minimum atomic E-state index is -4.55. The fraction of sp³-hybridized carbons (Fsp3) is 0.0909. The minimum absolute atomic E-state index is 0.0214. The topological polar surface area (TPSA) is 37.4 Å². The molecule has 1 heterocycles. The molecule has 1 saturated heterocycles. The second-order valence-corrected chi connectivity index (χ2v) is 7.48. The van der Waals surface area contributed by atoms with E-state index >= 15 is 0 Å². The molecule has 0 atom stereocenters. The summed E-state index contributed by atoms with van der Waals surface area (Å²) in [5, 5.41) is 1.39. The van der Waals surface area contributed by atoms with Crippen molar-refractivity contribution in [2.45, 2.75) is 12.7 Å². The zero-order valence-electron chi connectivity index (χ0n) is 14.9. The summed E-state index contributed by atoms with van der Waals surface area (Å²) in [7, 11) is 0. The summed E-state index contributed by atoms with van der Waals surface area (Å²) < 4.78 is 39.6. The van der Waals surface area contributed by atoms with Crippen molar-refractivity contribution >= 4 is 39.8 Å². The first-order valence-electron chi connectivity index (χ1n) is 8.73. The van der Waals surface area contributed by atoms with Crippen molar-refractivity contribution in [3.05, 3.63) is 88.3 Å². The summed E-state index contributed by atoms with van der Waals surface area (Å²) in [5.74, 6) is -0.593. The SMILES string of the molecule is O=C1S/C(=C\c2ccccc2C(F)(F)F)C(=O)N1Cc1cccc2ccccc12. The third-order valence-corrected chi connectivity index (χ3v) is 5.54. The first-order chi connectivity index (χ1) is 13.8. The smallest absolute Gasteiger partial charge is 0.268 e. The van der Waals surface area contributed by atoms with Gasteiger partial charge in [0, 0.05) is 0 Å². The van der Waals surface area contributed by atoms with Gasteiger partial charge in [-0.15, -0.1) is 0 Å². The van der Waals surface area contributed by atoms with Crippen LogP contribution in [0.1, 0.15) is 16.7 Å². The van der Waals surface area contributed by atoms with Gasteiger partial charge in [0.25, 0.3) is 11.1 Å². The van der Waals surface area contributed by atoms with Crippen molar-refractivity contribution in [2.24, 2.45) is 0 Å². The highest BCUT2D eigenvalue weighted by Gasteiger charge is 2.37. The maximum Gasteiger partial charge on any atom is 0.416 e. The number of hydrogen-bond acceptors (Lipinski definition) is 3. The Morgan fingerprint density at radius 2 is 1.59 bits per heavy atom. The number of fused-ring (bicyclic) bond motifs is 1. The van der Waals surface area contributed by atoms with Crippen molar-refractivity contribution in [2.75, 3.05) is 0 Å². The molecule has 0 N–H and O–H groups in total. The highest BCUT2D eigenvalue weighted by Crippen LogP contribution is 2.37. The number of halogens is 3. The number of hydrogen-bond donors (Lipinski definition) is 0. The average Bonchev–Trinajstić information content (AvgIpc) is 2.95. The summed E-state index contributed by atoms with van der Waals surface area (Å²) in [6.07, 6.45) is -3.41. The van der Waals surface area contributed by atoms with Crippen LogP contribution in [-0.2, 0) is 17.5 Å². The van der Waals surface area contributed by atoms with E-state index in [-0.39, 0.29) is 17.0 Å².